The maximum atomic E-state index is 12.3. The van der Waals surface area contributed by atoms with E-state index in [2.05, 4.69) is 42.0 Å². The van der Waals surface area contributed by atoms with Crippen LogP contribution in [0.3, 0.4) is 0 Å². The first-order chi connectivity index (χ1) is 14.3. The summed E-state index contributed by atoms with van der Waals surface area (Å²) >= 11 is 3.50. The van der Waals surface area contributed by atoms with Gasteiger partial charge < -0.3 is 14.8 Å². The van der Waals surface area contributed by atoms with E-state index in [1.165, 1.54) is 0 Å². The van der Waals surface area contributed by atoms with Crippen molar-refractivity contribution in [2.75, 3.05) is 11.9 Å². The molecule has 3 rings (SSSR count). The predicted molar refractivity (Wildman–Crippen MR) is 124 cm³/mol. The van der Waals surface area contributed by atoms with Gasteiger partial charge in [-0.25, -0.2) is 0 Å². The highest BCUT2D eigenvalue weighted by molar-refractivity contribution is 9.10. The van der Waals surface area contributed by atoms with Crippen LogP contribution in [0.15, 0.2) is 77.3 Å². The molecule has 0 fully saturated rings. The first kappa shape index (κ1) is 21.9. The first-order valence-electron chi connectivity index (χ1n) is 9.81. The minimum atomic E-state index is -0.212. The third-order valence-electron chi connectivity index (χ3n) is 4.49. The zero-order chi connectivity index (χ0) is 21.6. The second kappa shape index (κ2) is 9.81. The molecule has 1 amide bonds. The lowest BCUT2D eigenvalue weighted by Gasteiger charge is -2.23. The summed E-state index contributed by atoms with van der Waals surface area (Å²) in [6.07, 6.45) is 0. The number of ether oxygens (including phenoxy) is 2. The molecule has 0 bridgehead atoms. The van der Waals surface area contributed by atoms with Crippen molar-refractivity contribution in [3.63, 3.8) is 0 Å². The summed E-state index contributed by atoms with van der Waals surface area (Å²) in [6, 6.07) is 23.1. The second-order valence-electron chi connectivity index (χ2n) is 8.03. The standard InChI is InChI=1S/C25H26BrNO3/c1-25(2,3)22-15-19(26)9-14-23(22)30-17-24(28)27-20-10-12-21(13-11-20)29-16-18-7-5-4-6-8-18/h4-15H,16-17H2,1-3H3,(H,27,28). The lowest BCUT2D eigenvalue weighted by Crippen LogP contribution is -2.22. The van der Waals surface area contributed by atoms with E-state index in [-0.39, 0.29) is 17.9 Å². The van der Waals surface area contributed by atoms with Crippen molar-refractivity contribution in [1.82, 2.24) is 0 Å². The molecule has 0 aliphatic carbocycles. The Labute approximate surface area is 186 Å². The second-order valence-corrected chi connectivity index (χ2v) is 8.94. The van der Waals surface area contributed by atoms with Crippen LogP contribution >= 0.6 is 15.9 Å². The number of carbonyl (C=O) groups is 1. The Balaban J connectivity index is 1.53. The maximum absolute atomic E-state index is 12.3. The molecule has 4 nitrogen and oxygen atoms in total. The van der Waals surface area contributed by atoms with Crippen LogP contribution in [-0.2, 0) is 16.8 Å². The molecule has 0 aliphatic heterocycles. The molecule has 0 heterocycles. The van der Waals surface area contributed by atoms with Gasteiger partial charge in [0.2, 0.25) is 0 Å². The Morgan fingerprint density at radius 1 is 0.933 bits per heavy atom. The van der Waals surface area contributed by atoms with Crippen LogP contribution in [0.5, 0.6) is 11.5 Å². The summed E-state index contributed by atoms with van der Waals surface area (Å²) in [4.78, 5) is 12.3. The largest absolute Gasteiger partial charge is 0.489 e. The summed E-state index contributed by atoms with van der Waals surface area (Å²) in [5.41, 5.74) is 2.76. The molecule has 156 valence electrons. The molecule has 0 aromatic heterocycles. The minimum absolute atomic E-state index is 0.0586. The zero-order valence-electron chi connectivity index (χ0n) is 17.4. The summed E-state index contributed by atoms with van der Waals surface area (Å²) in [5.74, 6) is 1.25. The molecule has 0 radical (unpaired) electrons. The Hall–Kier alpha value is -2.79. The highest BCUT2D eigenvalue weighted by Crippen LogP contribution is 2.33. The predicted octanol–water partition coefficient (Wildman–Crippen LogP) is 6.34. The van der Waals surface area contributed by atoms with Crippen LogP contribution < -0.4 is 14.8 Å². The number of amides is 1. The van der Waals surface area contributed by atoms with E-state index in [1.807, 2.05) is 72.8 Å². The van der Waals surface area contributed by atoms with Gasteiger partial charge in [-0.2, -0.15) is 0 Å². The lowest BCUT2D eigenvalue weighted by molar-refractivity contribution is -0.118. The molecule has 5 heteroatoms. The summed E-state index contributed by atoms with van der Waals surface area (Å²) in [6.45, 7) is 6.79. The number of rotatable bonds is 7. The normalized spacial score (nSPS) is 11.1. The molecule has 3 aromatic rings. The third kappa shape index (κ3) is 6.36. The molecular weight excluding hydrogens is 442 g/mol. The van der Waals surface area contributed by atoms with Gasteiger partial charge in [0.15, 0.2) is 6.61 Å². The van der Waals surface area contributed by atoms with Gasteiger partial charge in [0, 0.05) is 15.7 Å². The topological polar surface area (TPSA) is 47.6 Å². The number of hydrogen-bond donors (Lipinski definition) is 1. The smallest absolute Gasteiger partial charge is 0.262 e. The van der Waals surface area contributed by atoms with Crippen molar-refractivity contribution in [3.8, 4) is 11.5 Å². The van der Waals surface area contributed by atoms with E-state index in [9.17, 15) is 4.79 Å². The van der Waals surface area contributed by atoms with Crippen molar-refractivity contribution in [2.45, 2.75) is 32.8 Å². The Morgan fingerprint density at radius 3 is 2.30 bits per heavy atom. The number of benzene rings is 3. The number of carbonyl (C=O) groups excluding carboxylic acids is 1. The van der Waals surface area contributed by atoms with Crippen LogP contribution in [0.25, 0.3) is 0 Å². The van der Waals surface area contributed by atoms with Crippen LogP contribution in [0, 0.1) is 0 Å². The van der Waals surface area contributed by atoms with E-state index >= 15 is 0 Å². The third-order valence-corrected chi connectivity index (χ3v) is 4.99. The van der Waals surface area contributed by atoms with Gasteiger partial charge in [0.25, 0.3) is 5.91 Å². The molecule has 30 heavy (non-hydrogen) atoms. The van der Waals surface area contributed by atoms with Gasteiger partial charge in [-0.3, -0.25) is 4.79 Å². The van der Waals surface area contributed by atoms with Gasteiger partial charge >= 0.3 is 0 Å². The highest BCUT2D eigenvalue weighted by atomic mass is 79.9. The molecule has 0 atom stereocenters. The van der Waals surface area contributed by atoms with Crippen molar-refractivity contribution < 1.29 is 14.3 Å². The molecule has 3 aromatic carbocycles. The monoisotopic (exact) mass is 467 g/mol. The molecule has 1 N–H and O–H groups in total. The van der Waals surface area contributed by atoms with Gasteiger partial charge in [0.05, 0.1) is 0 Å². The Bertz CT molecular complexity index is 980. The molecular formula is C25H26BrNO3. The summed E-state index contributed by atoms with van der Waals surface area (Å²) in [7, 11) is 0. The van der Waals surface area contributed by atoms with Crippen molar-refractivity contribution in [2.24, 2.45) is 0 Å². The van der Waals surface area contributed by atoms with Gasteiger partial charge in [-0.1, -0.05) is 67.0 Å². The minimum Gasteiger partial charge on any atom is -0.489 e. The maximum Gasteiger partial charge on any atom is 0.262 e. The number of hydrogen-bond acceptors (Lipinski definition) is 3. The van der Waals surface area contributed by atoms with Crippen molar-refractivity contribution in [3.05, 3.63) is 88.4 Å². The Morgan fingerprint density at radius 2 is 1.63 bits per heavy atom. The molecule has 0 aliphatic rings. The fourth-order valence-corrected chi connectivity index (χ4v) is 3.29. The quantitative estimate of drug-likeness (QED) is 0.440. The Kier molecular flexibility index (Phi) is 7.16. The van der Waals surface area contributed by atoms with Gasteiger partial charge in [0.1, 0.15) is 18.1 Å². The fourth-order valence-electron chi connectivity index (χ4n) is 2.93. The first-order valence-corrected chi connectivity index (χ1v) is 10.6. The summed E-state index contributed by atoms with van der Waals surface area (Å²) < 4.78 is 12.6. The van der Waals surface area contributed by atoms with E-state index < -0.39 is 0 Å². The van der Waals surface area contributed by atoms with E-state index in [0.29, 0.717) is 18.0 Å². The average molecular weight is 468 g/mol. The lowest BCUT2D eigenvalue weighted by atomic mass is 9.86. The van der Waals surface area contributed by atoms with Crippen molar-refractivity contribution in [1.29, 1.82) is 0 Å². The summed E-state index contributed by atoms with van der Waals surface area (Å²) in [5, 5.41) is 2.85. The van der Waals surface area contributed by atoms with Crippen molar-refractivity contribution >= 4 is 27.5 Å². The molecule has 0 saturated carbocycles. The number of halogens is 1. The average Bonchev–Trinajstić information content (AvgIpc) is 2.72. The SMILES string of the molecule is CC(C)(C)c1cc(Br)ccc1OCC(=O)Nc1ccc(OCc2ccccc2)cc1. The van der Waals surface area contributed by atoms with Crippen LogP contribution in [0.2, 0.25) is 0 Å². The highest BCUT2D eigenvalue weighted by Gasteiger charge is 2.20. The molecule has 0 unspecified atom stereocenters. The van der Waals surface area contributed by atoms with Gasteiger partial charge in [-0.15, -0.1) is 0 Å². The molecule has 0 saturated heterocycles. The zero-order valence-corrected chi connectivity index (χ0v) is 19.0. The van der Waals surface area contributed by atoms with Gasteiger partial charge in [-0.05, 0) is 53.4 Å². The van der Waals surface area contributed by atoms with Crippen LogP contribution in [-0.4, -0.2) is 12.5 Å². The fraction of sp³-hybridized carbons (Fsp3) is 0.240. The van der Waals surface area contributed by atoms with Crippen LogP contribution in [0.1, 0.15) is 31.9 Å². The van der Waals surface area contributed by atoms with E-state index in [0.717, 1.165) is 21.3 Å². The number of anilines is 1. The van der Waals surface area contributed by atoms with E-state index in [4.69, 9.17) is 9.47 Å². The van der Waals surface area contributed by atoms with Crippen LogP contribution in [0.4, 0.5) is 5.69 Å². The van der Waals surface area contributed by atoms with E-state index in [1.54, 1.807) is 0 Å². The number of nitrogens with one attached hydrogen (secondary N) is 1. The molecule has 0 spiro atoms.